The van der Waals surface area contributed by atoms with Crippen LogP contribution in [0, 0.1) is 12.8 Å². The van der Waals surface area contributed by atoms with Gasteiger partial charge in [-0.15, -0.1) is 11.3 Å². The third-order valence-electron chi connectivity index (χ3n) is 4.33. The highest BCUT2D eigenvalue weighted by atomic mass is 32.1. The number of anilines is 1. The average Bonchev–Trinajstić information content (AvgIpc) is 3.19. The Labute approximate surface area is 140 Å². The zero-order valence-electron chi connectivity index (χ0n) is 13.6. The van der Waals surface area contributed by atoms with Crippen molar-refractivity contribution in [2.45, 2.75) is 39.0 Å². The highest BCUT2D eigenvalue weighted by molar-refractivity contribution is 7.14. The number of methoxy groups -OCH3 is 1. The summed E-state index contributed by atoms with van der Waals surface area (Å²) in [4.78, 5) is 16.7. The van der Waals surface area contributed by atoms with Crippen LogP contribution in [0.1, 0.15) is 37.7 Å². The molecular formula is C18H22N2O2S. The molecule has 5 heteroatoms. The lowest BCUT2D eigenvalue weighted by Crippen LogP contribution is -2.14. The van der Waals surface area contributed by atoms with Crippen LogP contribution in [0.5, 0.6) is 5.75 Å². The third-order valence-corrected chi connectivity index (χ3v) is 5.09. The van der Waals surface area contributed by atoms with Gasteiger partial charge in [0.1, 0.15) is 5.75 Å². The van der Waals surface area contributed by atoms with Gasteiger partial charge in [0.25, 0.3) is 0 Å². The van der Waals surface area contributed by atoms with Crippen LogP contribution < -0.4 is 10.1 Å². The molecule has 1 fully saturated rings. The normalized spacial score (nSPS) is 14.9. The number of nitrogens with zero attached hydrogens (tertiary/aromatic N) is 1. The SMILES string of the molecule is COc1ccc(C)cc1-c1csc(NC(=O)CC2CCCC2)n1. The predicted molar refractivity (Wildman–Crippen MR) is 94.0 cm³/mol. The molecule has 0 spiro atoms. The van der Waals surface area contributed by atoms with Crippen molar-refractivity contribution in [3.8, 4) is 17.0 Å². The number of ether oxygens (including phenoxy) is 1. The maximum atomic E-state index is 12.1. The molecule has 3 rings (SSSR count). The summed E-state index contributed by atoms with van der Waals surface area (Å²) in [5, 5.41) is 5.56. The van der Waals surface area contributed by atoms with E-state index in [4.69, 9.17) is 4.74 Å². The van der Waals surface area contributed by atoms with Crippen LogP contribution in [0.3, 0.4) is 0 Å². The van der Waals surface area contributed by atoms with E-state index in [-0.39, 0.29) is 5.91 Å². The van der Waals surface area contributed by atoms with Crippen LogP contribution in [0.25, 0.3) is 11.3 Å². The summed E-state index contributed by atoms with van der Waals surface area (Å²) >= 11 is 1.46. The number of amides is 1. The second kappa shape index (κ2) is 7.13. The van der Waals surface area contributed by atoms with Crippen LogP contribution in [0.4, 0.5) is 5.13 Å². The Morgan fingerprint density at radius 1 is 1.39 bits per heavy atom. The van der Waals surface area contributed by atoms with Gasteiger partial charge in [0.15, 0.2) is 5.13 Å². The Kier molecular flexibility index (Phi) is 4.96. The lowest BCUT2D eigenvalue weighted by atomic mass is 10.0. The molecule has 2 aromatic rings. The number of aromatic nitrogens is 1. The molecule has 1 aromatic heterocycles. The van der Waals surface area contributed by atoms with E-state index < -0.39 is 0 Å². The highest BCUT2D eigenvalue weighted by Gasteiger charge is 2.19. The van der Waals surface area contributed by atoms with Crippen molar-refractivity contribution >= 4 is 22.4 Å². The van der Waals surface area contributed by atoms with Gasteiger partial charge in [-0.25, -0.2) is 4.98 Å². The van der Waals surface area contributed by atoms with Crippen LogP contribution >= 0.6 is 11.3 Å². The van der Waals surface area contributed by atoms with Crippen molar-refractivity contribution < 1.29 is 9.53 Å². The fourth-order valence-electron chi connectivity index (χ4n) is 3.12. The molecule has 1 aromatic carbocycles. The Hall–Kier alpha value is -1.88. The van der Waals surface area contributed by atoms with Crippen LogP contribution in [-0.2, 0) is 4.79 Å². The Morgan fingerprint density at radius 3 is 2.91 bits per heavy atom. The number of hydrogen-bond acceptors (Lipinski definition) is 4. The molecule has 23 heavy (non-hydrogen) atoms. The second-order valence-corrected chi connectivity index (χ2v) is 7.00. The van der Waals surface area contributed by atoms with Crippen molar-refractivity contribution in [1.82, 2.24) is 4.98 Å². The molecule has 0 atom stereocenters. The predicted octanol–water partition coefficient (Wildman–Crippen LogP) is 4.65. The first-order valence-corrected chi connectivity index (χ1v) is 8.94. The zero-order chi connectivity index (χ0) is 16.2. The number of carbonyl (C=O) groups is 1. The molecule has 0 aliphatic heterocycles. The van der Waals surface area contributed by atoms with E-state index in [9.17, 15) is 4.79 Å². The second-order valence-electron chi connectivity index (χ2n) is 6.14. The maximum absolute atomic E-state index is 12.1. The summed E-state index contributed by atoms with van der Waals surface area (Å²) in [6.07, 6.45) is 5.48. The molecule has 1 amide bonds. The fraction of sp³-hybridized carbons (Fsp3) is 0.444. The van der Waals surface area contributed by atoms with Crippen molar-refractivity contribution in [2.24, 2.45) is 5.92 Å². The first-order chi connectivity index (χ1) is 11.2. The van der Waals surface area contributed by atoms with Crippen LogP contribution in [-0.4, -0.2) is 18.0 Å². The topological polar surface area (TPSA) is 51.2 Å². The number of hydrogen-bond donors (Lipinski definition) is 1. The first-order valence-electron chi connectivity index (χ1n) is 8.06. The molecule has 1 N–H and O–H groups in total. The summed E-state index contributed by atoms with van der Waals surface area (Å²) in [5.74, 6) is 1.42. The fourth-order valence-corrected chi connectivity index (χ4v) is 3.85. The van der Waals surface area contributed by atoms with Gasteiger partial charge in [0, 0.05) is 17.4 Å². The number of rotatable bonds is 5. The smallest absolute Gasteiger partial charge is 0.226 e. The molecule has 1 heterocycles. The molecule has 0 bridgehead atoms. The molecule has 0 unspecified atom stereocenters. The molecule has 0 radical (unpaired) electrons. The molecule has 4 nitrogen and oxygen atoms in total. The van der Waals surface area contributed by atoms with Gasteiger partial charge in [-0.1, -0.05) is 24.5 Å². The van der Waals surface area contributed by atoms with Crippen molar-refractivity contribution in [3.63, 3.8) is 0 Å². The van der Waals surface area contributed by atoms with Crippen LogP contribution in [0.15, 0.2) is 23.6 Å². The minimum atomic E-state index is 0.0778. The van der Waals surface area contributed by atoms with Crippen molar-refractivity contribution in [1.29, 1.82) is 0 Å². The number of aryl methyl sites for hydroxylation is 1. The van der Waals surface area contributed by atoms with E-state index in [1.54, 1.807) is 7.11 Å². The van der Waals surface area contributed by atoms with E-state index >= 15 is 0 Å². The van der Waals surface area contributed by atoms with E-state index in [1.165, 1.54) is 37.0 Å². The van der Waals surface area contributed by atoms with Gasteiger partial charge >= 0.3 is 0 Å². The Morgan fingerprint density at radius 2 is 2.17 bits per heavy atom. The Balaban J connectivity index is 1.70. The molecule has 1 aliphatic carbocycles. The quantitative estimate of drug-likeness (QED) is 0.868. The standard InChI is InChI=1S/C18H22N2O2S/c1-12-7-8-16(22-2)14(9-12)15-11-23-18(19-15)20-17(21)10-13-5-3-4-6-13/h7-9,11,13H,3-6,10H2,1-2H3,(H,19,20,21). The number of thiazole rings is 1. The molecule has 1 aliphatic rings. The summed E-state index contributed by atoms with van der Waals surface area (Å²) in [6.45, 7) is 2.04. The monoisotopic (exact) mass is 330 g/mol. The molecular weight excluding hydrogens is 308 g/mol. The summed E-state index contributed by atoms with van der Waals surface area (Å²) in [7, 11) is 1.66. The first kappa shape index (κ1) is 16.0. The molecule has 1 saturated carbocycles. The van der Waals surface area contributed by atoms with Gasteiger partial charge < -0.3 is 10.1 Å². The summed E-state index contributed by atoms with van der Waals surface area (Å²) in [5.41, 5.74) is 2.95. The largest absolute Gasteiger partial charge is 0.496 e. The number of benzene rings is 1. The van der Waals surface area contributed by atoms with E-state index in [0.29, 0.717) is 17.5 Å². The van der Waals surface area contributed by atoms with Gasteiger partial charge in [0.2, 0.25) is 5.91 Å². The van der Waals surface area contributed by atoms with E-state index in [1.807, 2.05) is 24.4 Å². The Bertz CT molecular complexity index is 690. The van der Waals surface area contributed by atoms with Crippen molar-refractivity contribution in [2.75, 3.05) is 12.4 Å². The van der Waals surface area contributed by atoms with Gasteiger partial charge in [-0.05, 0) is 37.8 Å². The molecule has 122 valence electrons. The summed E-state index contributed by atoms with van der Waals surface area (Å²) in [6, 6.07) is 6.01. The van der Waals surface area contributed by atoms with Gasteiger partial charge in [-0.3, -0.25) is 4.79 Å². The van der Waals surface area contributed by atoms with E-state index in [2.05, 4.69) is 16.4 Å². The summed E-state index contributed by atoms with van der Waals surface area (Å²) < 4.78 is 5.41. The lowest BCUT2D eigenvalue weighted by Gasteiger charge is -2.08. The lowest BCUT2D eigenvalue weighted by molar-refractivity contribution is -0.117. The highest BCUT2D eigenvalue weighted by Crippen LogP contribution is 2.33. The average molecular weight is 330 g/mol. The minimum Gasteiger partial charge on any atom is -0.496 e. The molecule has 0 saturated heterocycles. The minimum absolute atomic E-state index is 0.0778. The van der Waals surface area contributed by atoms with Gasteiger partial charge in [0.05, 0.1) is 12.8 Å². The zero-order valence-corrected chi connectivity index (χ0v) is 14.4. The maximum Gasteiger partial charge on any atom is 0.226 e. The van der Waals surface area contributed by atoms with Crippen molar-refractivity contribution in [3.05, 3.63) is 29.1 Å². The number of nitrogens with one attached hydrogen (secondary N) is 1. The van der Waals surface area contributed by atoms with E-state index in [0.717, 1.165) is 22.6 Å². The third kappa shape index (κ3) is 3.91. The number of carbonyl (C=O) groups excluding carboxylic acids is 1. The van der Waals surface area contributed by atoms with Crippen LogP contribution in [0.2, 0.25) is 0 Å². The van der Waals surface area contributed by atoms with Gasteiger partial charge in [-0.2, -0.15) is 0 Å².